The highest BCUT2D eigenvalue weighted by molar-refractivity contribution is 6.17. The molecule has 1 aromatic carbocycles. The molecule has 0 N–H and O–H groups in total. The van der Waals surface area contributed by atoms with Crippen LogP contribution in [0, 0.1) is 5.92 Å². The lowest BCUT2D eigenvalue weighted by Crippen LogP contribution is -2.12. The van der Waals surface area contributed by atoms with Gasteiger partial charge in [-0.1, -0.05) is 19.9 Å². The number of aromatic nitrogens is 3. The zero-order valence-corrected chi connectivity index (χ0v) is 13.3. The van der Waals surface area contributed by atoms with E-state index in [1.165, 1.54) is 0 Å². The van der Waals surface area contributed by atoms with Gasteiger partial charge in [0.25, 0.3) is 0 Å². The van der Waals surface area contributed by atoms with E-state index in [0.717, 1.165) is 17.9 Å². The van der Waals surface area contributed by atoms with E-state index >= 15 is 0 Å². The Hall–Kier alpha value is -1.75. The molecular weight excluding hydrogens is 290 g/mol. The Bertz CT molecular complexity index is 584. The summed E-state index contributed by atoms with van der Waals surface area (Å²) in [4.78, 5) is 4.24. The van der Waals surface area contributed by atoms with Crippen molar-refractivity contribution in [1.82, 2.24) is 14.8 Å². The monoisotopic (exact) mass is 309 g/mol. The second kappa shape index (κ2) is 7.31. The molecule has 0 amide bonds. The minimum atomic E-state index is 0.350. The molecule has 0 saturated carbocycles. The van der Waals surface area contributed by atoms with Crippen LogP contribution in [0.2, 0.25) is 0 Å². The number of rotatable bonds is 7. The maximum Gasteiger partial charge on any atom is 0.164 e. The van der Waals surface area contributed by atoms with Crippen molar-refractivity contribution in [2.75, 3.05) is 7.11 Å². The van der Waals surface area contributed by atoms with Crippen molar-refractivity contribution in [1.29, 1.82) is 0 Å². The summed E-state index contributed by atoms with van der Waals surface area (Å²) in [7, 11) is 1.61. The van der Waals surface area contributed by atoms with E-state index in [2.05, 4.69) is 23.9 Å². The molecule has 2 aromatic rings. The standard InChI is InChI=1S/C15H20ClN3O2/c1-11(2)8-19-15(17-10-18-19)9-21-13-5-4-12(7-16)6-14(13)20-3/h4-6,10-11H,7-9H2,1-3H3. The summed E-state index contributed by atoms with van der Waals surface area (Å²) in [5, 5.41) is 4.22. The molecule has 5 nitrogen and oxygen atoms in total. The fraction of sp³-hybridized carbons (Fsp3) is 0.467. The van der Waals surface area contributed by atoms with Crippen LogP contribution in [0.3, 0.4) is 0 Å². The number of hydrogen-bond acceptors (Lipinski definition) is 4. The van der Waals surface area contributed by atoms with E-state index in [4.69, 9.17) is 21.1 Å². The van der Waals surface area contributed by atoms with Crippen LogP contribution in [0.4, 0.5) is 0 Å². The first kappa shape index (κ1) is 15.6. The fourth-order valence-electron chi connectivity index (χ4n) is 1.95. The highest BCUT2D eigenvalue weighted by atomic mass is 35.5. The van der Waals surface area contributed by atoms with Gasteiger partial charge in [0.15, 0.2) is 17.3 Å². The van der Waals surface area contributed by atoms with E-state index in [-0.39, 0.29) is 0 Å². The highest BCUT2D eigenvalue weighted by Gasteiger charge is 2.10. The number of hydrogen-bond donors (Lipinski definition) is 0. The number of halogens is 1. The first-order chi connectivity index (χ1) is 10.1. The molecule has 0 aliphatic carbocycles. The zero-order valence-electron chi connectivity index (χ0n) is 12.5. The molecule has 1 heterocycles. The molecule has 0 spiro atoms. The van der Waals surface area contributed by atoms with E-state index in [1.54, 1.807) is 13.4 Å². The molecule has 0 saturated heterocycles. The second-order valence-corrected chi connectivity index (χ2v) is 5.43. The Morgan fingerprint density at radius 1 is 1.29 bits per heavy atom. The van der Waals surface area contributed by atoms with Gasteiger partial charge in [-0.05, 0) is 23.6 Å². The molecular formula is C15H20ClN3O2. The predicted molar refractivity (Wildman–Crippen MR) is 81.7 cm³/mol. The van der Waals surface area contributed by atoms with Gasteiger partial charge >= 0.3 is 0 Å². The van der Waals surface area contributed by atoms with Crippen molar-refractivity contribution in [2.24, 2.45) is 5.92 Å². The topological polar surface area (TPSA) is 49.2 Å². The average Bonchev–Trinajstić information content (AvgIpc) is 2.91. The zero-order chi connectivity index (χ0) is 15.2. The third kappa shape index (κ3) is 4.11. The molecule has 114 valence electrons. The van der Waals surface area contributed by atoms with Gasteiger partial charge in [0.05, 0.1) is 7.11 Å². The first-order valence-electron chi connectivity index (χ1n) is 6.86. The van der Waals surface area contributed by atoms with Crippen LogP contribution in [0.5, 0.6) is 11.5 Å². The smallest absolute Gasteiger partial charge is 0.164 e. The quantitative estimate of drug-likeness (QED) is 0.737. The third-order valence-electron chi connectivity index (χ3n) is 2.97. The van der Waals surface area contributed by atoms with Crippen molar-refractivity contribution in [3.63, 3.8) is 0 Å². The summed E-state index contributed by atoms with van der Waals surface area (Å²) in [6.45, 7) is 5.45. The maximum atomic E-state index is 5.82. The molecule has 6 heteroatoms. The molecule has 21 heavy (non-hydrogen) atoms. The number of nitrogens with zero attached hydrogens (tertiary/aromatic N) is 3. The van der Waals surface area contributed by atoms with Crippen LogP contribution in [0.15, 0.2) is 24.5 Å². The Labute approximate surface area is 129 Å². The van der Waals surface area contributed by atoms with Crippen molar-refractivity contribution in [2.45, 2.75) is 32.9 Å². The maximum absolute atomic E-state index is 5.82. The Morgan fingerprint density at radius 3 is 2.76 bits per heavy atom. The van der Waals surface area contributed by atoms with Gasteiger partial charge in [-0.25, -0.2) is 9.67 Å². The molecule has 1 aromatic heterocycles. The van der Waals surface area contributed by atoms with Crippen LogP contribution in [-0.2, 0) is 19.0 Å². The SMILES string of the molecule is COc1cc(CCl)ccc1OCc1ncnn1CC(C)C. The van der Waals surface area contributed by atoms with E-state index < -0.39 is 0 Å². The number of ether oxygens (including phenoxy) is 2. The summed E-state index contributed by atoms with van der Waals surface area (Å²) in [5.41, 5.74) is 0.990. The summed E-state index contributed by atoms with van der Waals surface area (Å²) < 4.78 is 13.0. The summed E-state index contributed by atoms with van der Waals surface area (Å²) in [5.74, 6) is 3.09. The molecule has 0 aliphatic rings. The summed E-state index contributed by atoms with van der Waals surface area (Å²) in [6.07, 6.45) is 1.55. The van der Waals surface area contributed by atoms with Crippen LogP contribution < -0.4 is 9.47 Å². The molecule has 2 rings (SSSR count). The number of methoxy groups -OCH3 is 1. The lowest BCUT2D eigenvalue weighted by molar-refractivity contribution is 0.266. The van der Waals surface area contributed by atoms with Gasteiger partial charge in [-0.2, -0.15) is 5.10 Å². The van der Waals surface area contributed by atoms with E-state index in [0.29, 0.717) is 29.9 Å². The van der Waals surface area contributed by atoms with Gasteiger partial charge in [0, 0.05) is 12.4 Å². The minimum absolute atomic E-state index is 0.350. The van der Waals surface area contributed by atoms with Crippen LogP contribution in [0.25, 0.3) is 0 Å². The van der Waals surface area contributed by atoms with Crippen LogP contribution in [-0.4, -0.2) is 21.9 Å². The highest BCUT2D eigenvalue weighted by Crippen LogP contribution is 2.29. The van der Waals surface area contributed by atoms with Crippen LogP contribution >= 0.6 is 11.6 Å². The lowest BCUT2D eigenvalue weighted by Gasteiger charge is -2.12. The second-order valence-electron chi connectivity index (χ2n) is 5.16. The van der Waals surface area contributed by atoms with Gasteiger partial charge in [-0.15, -0.1) is 11.6 Å². The van der Waals surface area contributed by atoms with Crippen molar-refractivity contribution in [3.8, 4) is 11.5 Å². The molecule has 0 unspecified atom stereocenters. The van der Waals surface area contributed by atoms with Crippen molar-refractivity contribution >= 4 is 11.6 Å². The van der Waals surface area contributed by atoms with Gasteiger partial charge < -0.3 is 9.47 Å². The number of alkyl halides is 1. The van der Waals surface area contributed by atoms with Crippen molar-refractivity contribution in [3.05, 3.63) is 35.9 Å². The summed E-state index contributed by atoms with van der Waals surface area (Å²) >= 11 is 5.82. The Morgan fingerprint density at radius 2 is 2.10 bits per heavy atom. The molecule has 0 bridgehead atoms. The fourth-order valence-corrected chi connectivity index (χ4v) is 2.12. The predicted octanol–water partition coefficient (Wildman–Crippen LogP) is 3.26. The van der Waals surface area contributed by atoms with E-state index in [9.17, 15) is 0 Å². The first-order valence-corrected chi connectivity index (χ1v) is 7.39. The van der Waals surface area contributed by atoms with E-state index in [1.807, 2.05) is 22.9 Å². The lowest BCUT2D eigenvalue weighted by atomic mass is 10.2. The minimum Gasteiger partial charge on any atom is -0.493 e. The normalized spacial score (nSPS) is 10.9. The molecule has 0 radical (unpaired) electrons. The third-order valence-corrected chi connectivity index (χ3v) is 3.28. The van der Waals surface area contributed by atoms with Crippen molar-refractivity contribution < 1.29 is 9.47 Å². The van der Waals surface area contributed by atoms with Gasteiger partial charge in [-0.3, -0.25) is 0 Å². The molecule has 0 aliphatic heterocycles. The van der Waals surface area contributed by atoms with Gasteiger partial charge in [0.2, 0.25) is 0 Å². The average molecular weight is 310 g/mol. The molecule has 0 fully saturated rings. The largest absolute Gasteiger partial charge is 0.493 e. The van der Waals surface area contributed by atoms with Gasteiger partial charge in [0.1, 0.15) is 12.9 Å². The van der Waals surface area contributed by atoms with Crippen LogP contribution in [0.1, 0.15) is 25.2 Å². The Kier molecular flexibility index (Phi) is 5.44. The summed E-state index contributed by atoms with van der Waals surface area (Å²) in [6, 6.07) is 5.66. The molecule has 0 atom stereocenters. The Balaban J connectivity index is 2.08. The number of benzene rings is 1.